The predicted octanol–water partition coefficient (Wildman–Crippen LogP) is 26.5. The molecule has 766 valence electrons. The third kappa shape index (κ3) is 24.2. The number of hydrogen-bond acceptors (Lipinski definition) is 16. The number of hydrogen-bond donors (Lipinski definition) is 3. The first-order valence-corrected chi connectivity index (χ1v) is 52.4. The highest BCUT2D eigenvalue weighted by Crippen LogP contribution is 2.53. The minimum absolute atomic E-state index is 0.0919. The maximum atomic E-state index is 16.1. The first-order chi connectivity index (χ1) is 71.9. The number of aromatic hydroxyl groups is 3. The Morgan fingerprint density at radius 1 is 0.320 bits per heavy atom. The summed E-state index contributed by atoms with van der Waals surface area (Å²) in [5, 5.41) is 30.2. The number of anilines is 4. The summed E-state index contributed by atoms with van der Waals surface area (Å²) in [6.45, 7) is 7.31. The largest absolute Gasteiger partial charge is 0.508 e. The van der Waals surface area contributed by atoms with Crippen molar-refractivity contribution < 1.29 is 75.5 Å². The van der Waals surface area contributed by atoms with Crippen LogP contribution in [0.3, 0.4) is 0 Å². The Hall–Kier alpha value is -12.7. The highest BCUT2D eigenvalue weighted by molar-refractivity contribution is 6.01. The number of halogens is 4. The molecule has 4 aliphatic heterocycles. The van der Waals surface area contributed by atoms with Crippen LogP contribution in [0.15, 0.2) is 297 Å². The maximum Gasteiger partial charge on any atom is 0.159 e. The molecule has 21 rings (SSSR count). The summed E-state index contributed by atoms with van der Waals surface area (Å²) in [5.74, 6) is 2.59. The van der Waals surface area contributed by atoms with E-state index in [2.05, 4.69) is 159 Å². The quantitative estimate of drug-likeness (QED) is 0.0254. The molecule has 147 heavy (non-hydrogen) atoms. The van der Waals surface area contributed by atoms with Gasteiger partial charge in [-0.05, 0) is 312 Å². The minimum Gasteiger partial charge on any atom is -0.508 e. The van der Waals surface area contributed by atoms with E-state index in [0.717, 1.165) is 250 Å². The van der Waals surface area contributed by atoms with Crippen LogP contribution in [0.4, 0.5) is 40.3 Å². The lowest BCUT2D eigenvalue weighted by atomic mass is 9.68. The van der Waals surface area contributed by atoms with Gasteiger partial charge in [0.25, 0.3) is 0 Å². The van der Waals surface area contributed by atoms with Crippen LogP contribution in [0.2, 0.25) is 0 Å². The van der Waals surface area contributed by atoms with Crippen LogP contribution < -0.4 is 24.3 Å². The molecule has 4 saturated heterocycles. The van der Waals surface area contributed by atoms with Gasteiger partial charge in [-0.3, -0.25) is 0 Å². The van der Waals surface area contributed by atoms with Gasteiger partial charge in [-0.2, -0.15) is 0 Å². The third-order valence-electron chi connectivity index (χ3n) is 32.3. The fourth-order valence-electron chi connectivity index (χ4n) is 24.8. The molecular weight excluding hydrogens is 1850 g/mol. The van der Waals surface area contributed by atoms with Gasteiger partial charge in [0.05, 0.1) is 17.7 Å². The number of piperidine rings is 4. The summed E-state index contributed by atoms with van der Waals surface area (Å²) in [5.41, 5.74) is 23.5. The van der Waals surface area contributed by atoms with Crippen LogP contribution >= 0.6 is 0 Å². The lowest BCUT2D eigenvalue weighted by Gasteiger charge is -2.37. The Morgan fingerprint density at radius 3 is 1.02 bits per heavy atom. The third-order valence-corrected chi connectivity index (χ3v) is 32.3. The molecule has 9 aliphatic rings. The van der Waals surface area contributed by atoms with Crippen molar-refractivity contribution in [1.29, 1.82) is 0 Å². The molecule has 4 fully saturated rings. The van der Waals surface area contributed by atoms with Gasteiger partial charge >= 0.3 is 0 Å². The van der Waals surface area contributed by atoms with E-state index in [1.54, 1.807) is 99.3 Å². The number of aryl methyl sites for hydroxylation is 4. The maximum absolute atomic E-state index is 16.1. The molecule has 16 nitrogen and oxygen atoms in total. The van der Waals surface area contributed by atoms with Crippen molar-refractivity contribution in [1.82, 2.24) is 0 Å². The van der Waals surface area contributed by atoms with Crippen LogP contribution in [0.1, 0.15) is 196 Å². The van der Waals surface area contributed by atoms with Crippen molar-refractivity contribution in [3.63, 3.8) is 0 Å². The fraction of sp³-hybridized carbons (Fsp3) is 0.370. The molecule has 12 aromatic carbocycles. The van der Waals surface area contributed by atoms with E-state index < -0.39 is 0 Å². The molecule has 0 radical (unpaired) electrons. The van der Waals surface area contributed by atoms with Crippen molar-refractivity contribution >= 4 is 33.9 Å². The number of phenolic OH excluding ortho intramolecular Hbond substituents is 3. The molecule has 3 N–H and O–H groups in total. The van der Waals surface area contributed by atoms with Crippen LogP contribution in [-0.2, 0) is 70.2 Å². The molecule has 20 heteroatoms. The molecular formula is C127H139F4N4O12+. The van der Waals surface area contributed by atoms with Gasteiger partial charge in [-0.25, -0.2) is 17.6 Å². The second-order valence-electron chi connectivity index (χ2n) is 40.4. The molecule has 0 aromatic heterocycles. The molecule has 5 aliphatic carbocycles. The molecule has 0 spiro atoms. The number of fused-ring (bicyclic) bond motifs is 4. The van der Waals surface area contributed by atoms with Crippen molar-refractivity contribution in [2.45, 2.75) is 164 Å². The van der Waals surface area contributed by atoms with Crippen molar-refractivity contribution in [3.05, 3.63) is 415 Å². The lowest BCUT2D eigenvalue weighted by molar-refractivity contribution is -0.141. The van der Waals surface area contributed by atoms with E-state index in [0.29, 0.717) is 41.4 Å². The highest BCUT2D eigenvalue weighted by atomic mass is 19.1. The smallest absolute Gasteiger partial charge is 0.159 e. The van der Waals surface area contributed by atoms with Gasteiger partial charge in [0.1, 0.15) is 65.0 Å². The SMILES string of the molecule is COC(OC)C1CCN(c2ccc(C3=C(c4ccccc4)CCc4cc(OCc5ccccc5)ccc43)c(F)c2)CC1.COC(OC)C1CCN(c2ccc(C3c4ccc(O)cc4CC[C@@H]3c3ccccc3)c(F)c2)CC1.COC(OC)C1CCN(c2ccc([C@@H]3c4ccc(O)cc4CC[C@@H]3c3ccccc3)c(F)c2)CC1.COC(OC)C1CCN(c2ccc([C@H]3c4ccc(O)cc4CC[C@H]3C3=CC=[C+]C=C3)c(F)c2)CC1. The molecule has 0 bridgehead atoms. The summed E-state index contributed by atoms with van der Waals surface area (Å²) in [4.78, 5) is 9.03. The first-order valence-electron chi connectivity index (χ1n) is 52.4. The Labute approximate surface area is 864 Å². The topological polar surface area (TPSA) is 157 Å². The van der Waals surface area contributed by atoms with E-state index in [1.807, 2.05) is 115 Å². The zero-order valence-electron chi connectivity index (χ0n) is 85.8. The minimum atomic E-state index is -0.193. The average Bonchev–Trinajstić information content (AvgIpc) is 0.768. The van der Waals surface area contributed by atoms with Crippen molar-refractivity contribution in [2.24, 2.45) is 29.6 Å². The van der Waals surface area contributed by atoms with Crippen LogP contribution in [0.5, 0.6) is 23.0 Å². The van der Waals surface area contributed by atoms with E-state index in [4.69, 9.17) is 42.6 Å². The summed E-state index contributed by atoms with van der Waals surface area (Å²) in [7, 11) is 13.5. The molecule has 6 atom stereocenters. The molecule has 12 aromatic rings. The number of rotatable bonds is 27. The monoisotopic (exact) mass is 1990 g/mol. The zero-order valence-corrected chi connectivity index (χ0v) is 85.8. The number of phenols is 3. The van der Waals surface area contributed by atoms with Gasteiger partial charge in [-0.15, -0.1) is 0 Å². The Balaban J connectivity index is 0.000000129. The summed E-state index contributed by atoms with van der Waals surface area (Å²) >= 11 is 0. The molecule has 4 heterocycles. The Morgan fingerprint density at radius 2 is 0.660 bits per heavy atom. The molecule has 1 unspecified atom stereocenters. The fourth-order valence-corrected chi connectivity index (χ4v) is 24.8. The normalized spacial score (nSPS) is 19.6. The lowest BCUT2D eigenvalue weighted by Crippen LogP contribution is -2.39. The molecule has 0 amide bonds. The van der Waals surface area contributed by atoms with E-state index in [1.165, 1.54) is 27.8 Å². The molecule has 0 saturated carbocycles. The number of nitrogens with zero attached hydrogens (tertiary/aromatic N) is 4. The van der Waals surface area contributed by atoms with Crippen LogP contribution in [0.25, 0.3) is 11.1 Å². The van der Waals surface area contributed by atoms with Gasteiger partial charge < -0.3 is 77.6 Å². The summed E-state index contributed by atoms with van der Waals surface area (Å²) in [6, 6.07) is 87.3. The number of methoxy groups -OCH3 is 8. The zero-order chi connectivity index (χ0) is 102. The first kappa shape index (κ1) is 104. The Bertz CT molecular complexity index is 6320. The van der Waals surface area contributed by atoms with Crippen LogP contribution in [0, 0.1) is 58.9 Å². The number of ether oxygens (including phenoxy) is 9. The van der Waals surface area contributed by atoms with Crippen molar-refractivity contribution in [3.8, 4) is 23.0 Å². The van der Waals surface area contributed by atoms with Gasteiger partial charge in [0.15, 0.2) is 25.2 Å². The second-order valence-corrected chi connectivity index (χ2v) is 40.4. The second kappa shape index (κ2) is 49.4. The predicted molar refractivity (Wildman–Crippen MR) is 576 cm³/mol. The van der Waals surface area contributed by atoms with Crippen molar-refractivity contribution in [2.75, 3.05) is 129 Å². The van der Waals surface area contributed by atoms with E-state index >= 15 is 17.6 Å². The summed E-state index contributed by atoms with van der Waals surface area (Å²) < 4.78 is 113. The van der Waals surface area contributed by atoms with E-state index in [9.17, 15) is 15.3 Å². The van der Waals surface area contributed by atoms with E-state index in [-0.39, 0.29) is 101 Å². The standard InChI is InChI=1S/C37H38FNO3.2C30H34FNO3.C30H32FNO3/c1-40-37(41-2)28-19-21-39(22-20-28)30-14-17-34(35(38)24-30)36-32(27-11-7-4-8-12-27)16-13-29-23-31(15-18-33(29)36)42-25-26-9-5-3-6-10-26;3*1-34-30(35-2)21-14-16-32(17-15-21)23-9-12-27(28(31)19-23)29-25(20-6-4-3-5-7-20)11-8-22-18-24(33)10-13-26(22)29/h3-12,14-15,17-18,23-24,28,37H,13,16,19-22,25H2,1-2H3;2*3-7,9-10,12-13,18-19,21,25,29-30,33H,8,11,14-17H2,1-2H3;4-7,9-10,12-13,18-19,21,25,29-30H,8,11,14-17H2,1-2H3/p+1/t;25-,29?;2*25-,29+/m.110/s1. The van der Waals surface area contributed by atoms with Gasteiger partial charge in [0, 0.05) is 191 Å². The highest BCUT2D eigenvalue weighted by Gasteiger charge is 2.42. The van der Waals surface area contributed by atoms with Gasteiger partial charge in [-0.1, -0.05) is 164 Å². The van der Waals surface area contributed by atoms with Gasteiger partial charge in [0.2, 0.25) is 0 Å². The average molecular weight is 1990 g/mol. The summed E-state index contributed by atoms with van der Waals surface area (Å²) in [6.07, 6.45) is 25.0. The number of benzene rings is 12. The Kier molecular flexibility index (Phi) is 35.0. The van der Waals surface area contributed by atoms with Crippen LogP contribution in [-0.4, -0.2) is 150 Å². The number of allylic oxidation sites excluding steroid dienone is 7.